The maximum absolute atomic E-state index is 13.2. The van der Waals surface area contributed by atoms with E-state index in [4.69, 9.17) is 4.74 Å². The summed E-state index contributed by atoms with van der Waals surface area (Å²) in [7, 11) is 1.66. The molecule has 2 aromatic rings. The van der Waals surface area contributed by atoms with Crippen molar-refractivity contribution in [2.75, 3.05) is 7.11 Å². The first kappa shape index (κ1) is 22.7. The minimum atomic E-state index is -0.202. The van der Waals surface area contributed by atoms with Crippen LogP contribution in [-0.4, -0.2) is 50.0 Å². The Morgan fingerprint density at radius 1 is 1.13 bits per heavy atom. The van der Waals surface area contributed by atoms with Crippen molar-refractivity contribution in [3.05, 3.63) is 24.3 Å². The fourth-order valence-corrected chi connectivity index (χ4v) is 5.05. The molecule has 1 amide bonds. The van der Waals surface area contributed by atoms with Gasteiger partial charge in [-0.25, -0.2) is 0 Å². The number of ether oxygens (including phenoxy) is 1. The number of carbonyl (C=O) groups is 1. The molecule has 0 aliphatic carbocycles. The Labute approximate surface area is 184 Å². The predicted molar refractivity (Wildman–Crippen MR) is 122 cm³/mol. The van der Waals surface area contributed by atoms with E-state index >= 15 is 0 Å². The van der Waals surface area contributed by atoms with Crippen LogP contribution in [0.5, 0.6) is 5.75 Å². The first-order chi connectivity index (χ1) is 14.3. The third-order valence-electron chi connectivity index (χ3n) is 5.69. The average molecular weight is 431 g/mol. The molecule has 0 unspecified atom stereocenters. The van der Waals surface area contributed by atoms with Crippen LogP contribution in [0, 0.1) is 5.92 Å². The van der Waals surface area contributed by atoms with Gasteiger partial charge in [0.1, 0.15) is 5.75 Å². The fourth-order valence-electron chi connectivity index (χ4n) is 4.13. The molecule has 1 aromatic heterocycles. The van der Waals surface area contributed by atoms with Gasteiger partial charge in [-0.3, -0.25) is 4.79 Å². The van der Waals surface area contributed by atoms with Crippen LogP contribution in [-0.2, 0) is 11.3 Å². The van der Waals surface area contributed by atoms with Gasteiger partial charge in [-0.2, -0.15) is 0 Å². The highest BCUT2D eigenvalue weighted by molar-refractivity contribution is 8.00. The molecule has 2 heterocycles. The van der Waals surface area contributed by atoms with E-state index in [0.29, 0.717) is 18.0 Å². The predicted octanol–water partition coefficient (Wildman–Crippen LogP) is 4.88. The molecule has 1 aromatic carbocycles. The maximum atomic E-state index is 13.2. The Morgan fingerprint density at radius 2 is 1.77 bits per heavy atom. The minimum Gasteiger partial charge on any atom is -0.497 e. The number of thioether (sulfide) groups is 1. The SMILES string of the molecule is COc1ccc(-c2nnc(S[C@H](C)C(=O)N3[C@H](C)CCC[C@@H]3C)n2CC(C)C)cc1. The molecule has 6 nitrogen and oxygen atoms in total. The second-order valence-electron chi connectivity index (χ2n) is 8.67. The van der Waals surface area contributed by atoms with Gasteiger partial charge < -0.3 is 14.2 Å². The van der Waals surface area contributed by atoms with Gasteiger partial charge in [0.15, 0.2) is 11.0 Å². The standard InChI is InChI=1S/C23H34N4O2S/c1-15(2)14-26-21(19-10-12-20(29-6)13-11-19)24-25-23(26)30-18(5)22(28)27-16(3)8-7-9-17(27)4/h10-13,15-18H,7-9,14H2,1-6H3/t16-,17+,18-/m1/s1. The van der Waals surface area contributed by atoms with E-state index in [1.54, 1.807) is 7.11 Å². The number of rotatable bonds is 7. The number of piperidine rings is 1. The van der Waals surface area contributed by atoms with Crippen LogP contribution in [0.3, 0.4) is 0 Å². The van der Waals surface area contributed by atoms with E-state index in [1.807, 2.05) is 31.2 Å². The zero-order valence-electron chi connectivity index (χ0n) is 19.0. The number of methoxy groups -OCH3 is 1. The highest BCUT2D eigenvalue weighted by atomic mass is 32.2. The van der Waals surface area contributed by atoms with Crippen molar-refractivity contribution in [2.45, 2.75) is 82.9 Å². The largest absolute Gasteiger partial charge is 0.497 e. The molecule has 3 atom stereocenters. The molecule has 0 spiro atoms. The summed E-state index contributed by atoms with van der Waals surface area (Å²) in [6.45, 7) is 11.5. The summed E-state index contributed by atoms with van der Waals surface area (Å²) >= 11 is 1.51. The summed E-state index contributed by atoms with van der Waals surface area (Å²) in [5, 5.41) is 9.54. The number of nitrogens with zero attached hydrogens (tertiary/aromatic N) is 4. The molecule has 0 saturated carbocycles. The average Bonchev–Trinajstić information content (AvgIpc) is 3.09. The summed E-state index contributed by atoms with van der Waals surface area (Å²) in [4.78, 5) is 15.3. The minimum absolute atomic E-state index is 0.199. The normalized spacial score (nSPS) is 20.4. The molecule has 0 N–H and O–H groups in total. The third-order valence-corrected chi connectivity index (χ3v) is 6.76. The first-order valence-corrected chi connectivity index (χ1v) is 11.8. The summed E-state index contributed by atoms with van der Waals surface area (Å²) in [5.41, 5.74) is 0.994. The molecule has 0 bridgehead atoms. The van der Waals surface area contributed by atoms with Crippen molar-refractivity contribution in [1.82, 2.24) is 19.7 Å². The second kappa shape index (κ2) is 9.86. The van der Waals surface area contributed by atoms with Crippen molar-refractivity contribution < 1.29 is 9.53 Å². The Balaban J connectivity index is 1.84. The summed E-state index contributed by atoms with van der Waals surface area (Å²) in [5.74, 6) is 2.27. The van der Waals surface area contributed by atoms with Crippen molar-refractivity contribution in [2.24, 2.45) is 5.92 Å². The number of likely N-dealkylation sites (tertiary alicyclic amines) is 1. The quantitative estimate of drug-likeness (QED) is 0.586. The van der Waals surface area contributed by atoms with Gasteiger partial charge in [0.05, 0.1) is 12.4 Å². The van der Waals surface area contributed by atoms with Crippen LogP contribution < -0.4 is 4.74 Å². The highest BCUT2D eigenvalue weighted by Gasteiger charge is 2.33. The van der Waals surface area contributed by atoms with Crippen LogP contribution in [0.15, 0.2) is 29.4 Å². The van der Waals surface area contributed by atoms with Crippen LogP contribution in [0.4, 0.5) is 0 Å². The van der Waals surface area contributed by atoms with Gasteiger partial charge in [0.25, 0.3) is 0 Å². The lowest BCUT2D eigenvalue weighted by Gasteiger charge is -2.40. The molecule has 1 saturated heterocycles. The van der Waals surface area contributed by atoms with E-state index in [1.165, 1.54) is 18.2 Å². The maximum Gasteiger partial charge on any atom is 0.236 e. The van der Waals surface area contributed by atoms with Crippen molar-refractivity contribution in [3.63, 3.8) is 0 Å². The first-order valence-electron chi connectivity index (χ1n) is 10.9. The molecule has 1 aliphatic rings. The molecule has 1 aliphatic heterocycles. The second-order valence-corrected chi connectivity index (χ2v) is 9.98. The summed E-state index contributed by atoms with van der Waals surface area (Å²) in [6.07, 6.45) is 3.36. The van der Waals surface area contributed by atoms with Crippen LogP contribution in [0.1, 0.15) is 53.9 Å². The number of aromatic nitrogens is 3. The molecule has 7 heteroatoms. The zero-order chi connectivity index (χ0) is 21.8. The van der Waals surface area contributed by atoms with Crippen molar-refractivity contribution in [1.29, 1.82) is 0 Å². The van der Waals surface area contributed by atoms with E-state index in [9.17, 15) is 4.79 Å². The lowest BCUT2D eigenvalue weighted by molar-refractivity contribution is -0.136. The molecular weight excluding hydrogens is 396 g/mol. The van der Waals surface area contributed by atoms with Gasteiger partial charge in [-0.15, -0.1) is 10.2 Å². The van der Waals surface area contributed by atoms with E-state index in [2.05, 4.69) is 47.4 Å². The Kier molecular flexibility index (Phi) is 7.45. The number of benzene rings is 1. The lowest BCUT2D eigenvalue weighted by atomic mass is 9.97. The number of hydrogen-bond donors (Lipinski definition) is 0. The van der Waals surface area contributed by atoms with E-state index < -0.39 is 0 Å². The topological polar surface area (TPSA) is 60.3 Å². The van der Waals surface area contributed by atoms with Gasteiger partial charge in [-0.05, 0) is 70.2 Å². The Bertz CT molecular complexity index is 839. The molecular formula is C23H34N4O2S. The molecule has 30 heavy (non-hydrogen) atoms. The molecule has 164 valence electrons. The van der Waals surface area contributed by atoms with Crippen LogP contribution in [0.2, 0.25) is 0 Å². The smallest absolute Gasteiger partial charge is 0.236 e. The monoisotopic (exact) mass is 430 g/mol. The molecule has 0 radical (unpaired) electrons. The van der Waals surface area contributed by atoms with Gasteiger partial charge in [0, 0.05) is 24.2 Å². The van der Waals surface area contributed by atoms with Gasteiger partial charge >= 0.3 is 0 Å². The van der Waals surface area contributed by atoms with Gasteiger partial charge in [0.2, 0.25) is 5.91 Å². The number of hydrogen-bond acceptors (Lipinski definition) is 5. The third kappa shape index (κ3) is 4.99. The Morgan fingerprint density at radius 3 is 2.33 bits per heavy atom. The van der Waals surface area contributed by atoms with Crippen molar-refractivity contribution in [3.8, 4) is 17.1 Å². The molecule has 1 fully saturated rings. The highest BCUT2D eigenvalue weighted by Crippen LogP contribution is 2.31. The Hall–Kier alpha value is -2.02. The molecule has 3 rings (SSSR count). The van der Waals surface area contributed by atoms with Gasteiger partial charge in [-0.1, -0.05) is 25.6 Å². The number of carbonyl (C=O) groups excluding carboxylic acids is 1. The number of amides is 1. The fraction of sp³-hybridized carbons (Fsp3) is 0.609. The van der Waals surface area contributed by atoms with E-state index in [-0.39, 0.29) is 11.2 Å². The summed E-state index contributed by atoms with van der Waals surface area (Å²) in [6, 6.07) is 8.46. The van der Waals surface area contributed by atoms with E-state index in [0.717, 1.165) is 41.7 Å². The van der Waals surface area contributed by atoms with Crippen LogP contribution >= 0.6 is 11.8 Å². The summed E-state index contributed by atoms with van der Waals surface area (Å²) < 4.78 is 7.41. The van der Waals surface area contributed by atoms with Crippen LogP contribution in [0.25, 0.3) is 11.4 Å². The van der Waals surface area contributed by atoms with Crippen molar-refractivity contribution >= 4 is 17.7 Å². The lowest BCUT2D eigenvalue weighted by Crippen LogP contribution is -2.50. The zero-order valence-corrected chi connectivity index (χ0v) is 19.8.